The molecule has 0 fully saturated rings. The number of benzene rings is 2. The highest BCUT2D eigenvalue weighted by Gasteiger charge is 2.18. The van der Waals surface area contributed by atoms with Gasteiger partial charge in [-0.05, 0) is 87.6 Å². The summed E-state index contributed by atoms with van der Waals surface area (Å²) >= 11 is 15.6. The fraction of sp³-hybridized carbons (Fsp3) is 0.368. The molecule has 0 bridgehead atoms. The Morgan fingerprint density at radius 2 is 1.04 bits per heavy atom. The Bertz CT molecular complexity index is 1840. The molecule has 4 N–H and O–H groups in total. The highest BCUT2D eigenvalue weighted by atomic mass is 35.5. The van der Waals surface area contributed by atoms with Gasteiger partial charge in [0, 0.05) is 48.5 Å². The zero-order valence-corrected chi connectivity index (χ0v) is 35.8. The average Bonchev–Trinajstić information content (AvgIpc) is 3.16. The van der Waals surface area contributed by atoms with E-state index in [0.717, 1.165) is 33.4 Å². The number of aromatic nitrogens is 2. The number of methoxy groups -OCH3 is 2. The first-order valence-corrected chi connectivity index (χ1v) is 19.7. The van der Waals surface area contributed by atoms with E-state index in [1.807, 2.05) is 52.5 Å². The molecule has 2 aromatic carbocycles. The lowest BCUT2D eigenvalue weighted by atomic mass is 9.92. The molecule has 0 saturated heterocycles. The number of hydrogen-bond donors (Lipinski definition) is 4. The number of nitrogens with zero attached hydrogens (tertiary/aromatic N) is 4. The van der Waals surface area contributed by atoms with Crippen molar-refractivity contribution in [1.29, 1.82) is 0 Å². The molecule has 4 rings (SSSR count). The maximum Gasteiger partial charge on any atom is 0.244 e. The largest absolute Gasteiger partial charge is 0.481 e. The number of nitrogens with one attached hydrogen (secondary N) is 4. The van der Waals surface area contributed by atoms with Crippen molar-refractivity contribution in [2.75, 3.05) is 55.5 Å². The van der Waals surface area contributed by atoms with E-state index in [1.165, 1.54) is 38.5 Å². The van der Waals surface area contributed by atoms with Gasteiger partial charge in [0.2, 0.25) is 35.3 Å². The third-order valence-corrected chi connectivity index (χ3v) is 10.1. The number of halogens is 2. The van der Waals surface area contributed by atoms with Crippen molar-refractivity contribution in [3.63, 3.8) is 0 Å². The molecule has 56 heavy (non-hydrogen) atoms. The van der Waals surface area contributed by atoms with E-state index in [9.17, 15) is 9.59 Å². The fourth-order valence-corrected chi connectivity index (χ4v) is 6.50. The summed E-state index contributed by atoms with van der Waals surface area (Å²) in [5, 5.41) is 6.81. The first-order chi connectivity index (χ1) is 26.8. The van der Waals surface area contributed by atoms with E-state index in [2.05, 4.69) is 56.0 Å². The number of pyridine rings is 2. The predicted molar refractivity (Wildman–Crippen MR) is 224 cm³/mol. The molecule has 0 aliphatic rings. The SMILES string of the molecule is COc1nc(OCc2cccc(-c3cccc(COc4nc(OC)c(CNCC(=O)NSN(C)C)cc4Cl)c3C)c2C)c(Cl)cc1CNCC(=O)NSN(C)C. The normalized spacial score (nSPS) is 11.1. The fourth-order valence-electron chi connectivity index (χ4n) is 5.33. The lowest BCUT2D eigenvalue weighted by molar-refractivity contribution is -0.119. The van der Waals surface area contributed by atoms with E-state index >= 15 is 0 Å². The van der Waals surface area contributed by atoms with E-state index in [0.29, 0.717) is 46.0 Å². The van der Waals surface area contributed by atoms with E-state index in [4.69, 9.17) is 42.1 Å². The van der Waals surface area contributed by atoms with Gasteiger partial charge in [-0.1, -0.05) is 59.6 Å². The molecule has 302 valence electrons. The first kappa shape index (κ1) is 44.7. The number of amides is 2. The molecule has 0 aliphatic carbocycles. The smallest absolute Gasteiger partial charge is 0.244 e. The molecular weight excluding hydrogens is 800 g/mol. The Morgan fingerprint density at radius 1 is 0.643 bits per heavy atom. The maximum absolute atomic E-state index is 12.1. The lowest BCUT2D eigenvalue weighted by Crippen LogP contribution is -2.31. The summed E-state index contributed by atoms with van der Waals surface area (Å²) in [6.45, 7) is 5.41. The molecule has 2 amide bonds. The molecule has 2 heterocycles. The topological polar surface area (TPSA) is 151 Å². The Balaban J connectivity index is 1.41. The zero-order valence-electron chi connectivity index (χ0n) is 32.7. The molecule has 2 aromatic heterocycles. The second-order valence-electron chi connectivity index (χ2n) is 12.7. The van der Waals surface area contributed by atoms with Crippen LogP contribution in [-0.2, 0) is 35.9 Å². The number of carbonyl (C=O) groups excluding carboxylic acids is 2. The van der Waals surface area contributed by atoms with Crippen molar-refractivity contribution < 1.29 is 28.5 Å². The van der Waals surface area contributed by atoms with Crippen LogP contribution in [0.5, 0.6) is 23.5 Å². The van der Waals surface area contributed by atoms with Crippen LogP contribution < -0.4 is 39.0 Å². The van der Waals surface area contributed by atoms with E-state index in [-0.39, 0.29) is 49.9 Å². The van der Waals surface area contributed by atoms with E-state index in [1.54, 1.807) is 20.7 Å². The Labute approximate surface area is 347 Å². The number of hydrogen-bond acceptors (Lipinski definition) is 14. The van der Waals surface area contributed by atoms with Crippen LogP contribution in [-0.4, -0.2) is 85.9 Å². The summed E-state index contributed by atoms with van der Waals surface area (Å²) in [4.78, 5) is 33.1. The van der Waals surface area contributed by atoms with Crippen LogP contribution in [0.3, 0.4) is 0 Å². The summed E-state index contributed by atoms with van der Waals surface area (Å²) < 4.78 is 32.3. The average molecular weight is 848 g/mol. The van der Waals surface area contributed by atoms with Crippen molar-refractivity contribution in [2.45, 2.75) is 40.2 Å². The maximum atomic E-state index is 12.1. The van der Waals surface area contributed by atoms with Crippen LogP contribution in [0.2, 0.25) is 10.0 Å². The zero-order chi connectivity index (χ0) is 40.8. The van der Waals surface area contributed by atoms with Gasteiger partial charge < -0.3 is 29.6 Å². The van der Waals surface area contributed by atoms with Crippen LogP contribution in [0.15, 0.2) is 48.5 Å². The van der Waals surface area contributed by atoms with Gasteiger partial charge in [-0.15, -0.1) is 0 Å². The van der Waals surface area contributed by atoms with Crippen molar-refractivity contribution in [1.82, 2.24) is 38.7 Å². The number of carbonyl (C=O) groups is 2. The van der Waals surface area contributed by atoms with Gasteiger partial charge in [0.1, 0.15) is 23.3 Å². The van der Waals surface area contributed by atoms with Crippen LogP contribution in [0.4, 0.5) is 0 Å². The monoisotopic (exact) mass is 846 g/mol. The molecule has 0 atom stereocenters. The third kappa shape index (κ3) is 13.0. The van der Waals surface area contributed by atoms with Crippen molar-refractivity contribution in [3.05, 3.63) is 92.0 Å². The van der Waals surface area contributed by atoms with Crippen molar-refractivity contribution in [2.24, 2.45) is 0 Å². The molecule has 0 spiro atoms. The summed E-state index contributed by atoms with van der Waals surface area (Å²) in [6, 6.07) is 15.6. The number of ether oxygens (including phenoxy) is 4. The predicted octanol–water partition coefficient (Wildman–Crippen LogP) is 5.90. The van der Waals surface area contributed by atoms with Crippen molar-refractivity contribution >= 4 is 59.3 Å². The van der Waals surface area contributed by atoms with Gasteiger partial charge in [-0.3, -0.25) is 19.0 Å². The van der Waals surface area contributed by atoms with Crippen LogP contribution >= 0.6 is 47.5 Å². The van der Waals surface area contributed by atoms with Gasteiger partial charge in [0.05, 0.1) is 27.3 Å². The van der Waals surface area contributed by atoms with E-state index < -0.39 is 0 Å². The Hall–Kier alpha value is -4.00. The molecule has 0 aliphatic heterocycles. The molecule has 14 nitrogen and oxygen atoms in total. The molecule has 0 saturated carbocycles. The second-order valence-corrected chi connectivity index (χ2v) is 15.8. The summed E-state index contributed by atoms with van der Waals surface area (Å²) in [5.41, 5.74) is 7.45. The summed E-state index contributed by atoms with van der Waals surface area (Å²) in [6.07, 6.45) is 0. The van der Waals surface area contributed by atoms with Gasteiger partial charge in [-0.25, -0.2) is 8.61 Å². The van der Waals surface area contributed by atoms with Crippen molar-refractivity contribution in [3.8, 4) is 34.6 Å². The molecular formula is C38H48Cl2N8O6S2. The lowest BCUT2D eigenvalue weighted by Gasteiger charge is -2.18. The van der Waals surface area contributed by atoms with Gasteiger partial charge in [0.15, 0.2) is 0 Å². The number of rotatable bonds is 21. The van der Waals surface area contributed by atoms with Gasteiger partial charge in [-0.2, -0.15) is 9.97 Å². The third-order valence-electron chi connectivity index (χ3n) is 8.15. The summed E-state index contributed by atoms with van der Waals surface area (Å²) in [7, 11) is 10.4. The Kier molecular flexibility index (Phi) is 17.6. The molecule has 4 aromatic rings. The first-order valence-electron chi connectivity index (χ1n) is 17.4. The molecule has 0 radical (unpaired) electrons. The molecule has 0 unspecified atom stereocenters. The Morgan fingerprint density at radius 3 is 1.39 bits per heavy atom. The van der Waals surface area contributed by atoms with Crippen LogP contribution in [0, 0.1) is 13.8 Å². The second kappa shape index (κ2) is 22.1. The van der Waals surface area contributed by atoms with Crippen LogP contribution in [0.1, 0.15) is 33.4 Å². The minimum absolute atomic E-state index is 0.110. The minimum Gasteiger partial charge on any atom is -0.481 e. The summed E-state index contributed by atoms with van der Waals surface area (Å²) in [5.74, 6) is 0.845. The quantitative estimate of drug-likeness (QED) is 0.0737. The van der Waals surface area contributed by atoms with Crippen LogP contribution in [0.25, 0.3) is 11.1 Å². The standard InChI is InChI=1S/C38H48Cl2N8O6S2/c1-23-25(21-53-37-31(39)15-27(35(43-37)51-7)17-41-19-33(49)45-55-47(3)4)11-9-13-29(23)30-14-10-12-26(24(30)2)22-54-38-32(40)16-28(36(44-38)52-8)18-42-20-34(50)46-56-48(5)6/h9-16,41-42H,17-22H2,1-8H3,(H,45,49)(H,46,50). The molecule has 18 heteroatoms. The minimum atomic E-state index is -0.163. The highest BCUT2D eigenvalue weighted by Crippen LogP contribution is 2.34. The highest BCUT2D eigenvalue weighted by molar-refractivity contribution is 7.95. The van der Waals surface area contributed by atoms with Gasteiger partial charge in [0.25, 0.3) is 0 Å². The van der Waals surface area contributed by atoms with Gasteiger partial charge >= 0.3 is 0 Å².